The first-order valence-corrected chi connectivity index (χ1v) is 11.7. The van der Waals surface area contributed by atoms with E-state index in [2.05, 4.69) is 5.32 Å². The second-order valence-electron chi connectivity index (χ2n) is 6.05. The highest BCUT2D eigenvalue weighted by atomic mass is 32.2. The Labute approximate surface area is 166 Å². The molecule has 7 heteroatoms. The molecule has 0 atom stereocenters. The van der Waals surface area contributed by atoms with Crippen LogP contribution in [-0.4, -0.2) is 38.0 Å². The molecule has 1 amide bonds. The standard InChI is InChI=1S/C20H26N2O3S2/c1-4-22(5-2)27(24,25)19-11-9-16(10-12-19)14-21-20(23)18-8-6-7-17(13-18)15-26-3/h6-13H,4-5,14-15H2,1-3H3,(H,21,23). The van der Waals surface area contributed by atoms with Crippen molar-refractivity contribution >= 4 is 27.7 Å². The monoisotopic (exact) mass is 406 g/mol. The molecule has 2 aromatic carbocycles. The summed E-state index contributed by atoms with van der Waals surface area (Å²) in [7, 11) is -3.46. The SMILES string of the molecule is CCN(CC)S(=O)(=O)c1ccc(CNC(=O)c2cccc(CSC)c2)cc1. The third kappa shape index (κ3) is 5.57. The lowest BCUT2D eigenvalue weighted by Gasteiger charge is -2.18. The average Bonchev–Trinajstić information content (AvgIpc) is 2.67. The zero-order valence-electron chi connectivity index (χ0n) is 15.9. The molecule has 0 aliphatic carbocycles. The van der Waals surface area contributed by atoms with E-state index in [0.717, 1.165) is 16.9 Å². The number of hydrogen-bond donors (Lipinski definition) is 1. The molecule has 0 bridgehead atoms. The maximum atomic E-state index is 12.5. The van der Waals surface area contributed by atoms with E-state index in [1.165, 1.54) is 4.31 Å². The van der Waals surface area contributed by atoms with E-state index in [1.54, 1.807) is 42.1 Å². The van der Waals surface area contributed by atoms with Crippen molar-refractivity contribution in [2.45, 2.75) is 31.0 Å². The molecule has 0 radical (unpaired) electrons. The molecule has 146 valence electrons. The van der Waals surface area contributed by atoms with Crippen LogP contribution in [0.15, 0.2) is 53.4 Å². The number of amides is 1. The number of nitrogens with zero attached hydrogens (tertiary/aromatic N) is 1. The minimum atomic E-state index is -3.46. The highest BCUT2D eigenvalue weighted by molar-refractivity contribution is 7.97. The zero-order valence-corrected chi connectivity index (χ0v) is 17.6. The first kappa shape index (κ1) is 21.5. The summed E-state index contributed by atoms with van der Waals surface area (Å²) in [4.78, 5) is 12.6. The van der Waals surface area contributed by atoms with Crippen molar-refractivity contribution in [3.8, 4) is 0 Å². The largest absolute Gasteiger partial charge is 0.348 e. The van der Waals surface area contributed by atoms with Gasteiger partial charge in [-0.3, -0.25) is 4.79 Å². The molecule has 0 aliphatic heterocycles. The molecule has 0 saturated carbocycles. The van der Waals surface area contributed by atoms with Gasteiger partial charge in [-0.2, -0.15) is 16.1 Å². The third-order valence-corrected chi connectivity index (χ3v) is 6.91. The number of sulfonamides is 1. The molecule has 27 heavy (non-hydrogen) atoms. The average molecular weight is 407 g/mol. The fourth-order valence-corrected chi connectivity index (χ4v) is 4.72. The lowest BCUT2D eigenvalue weighted by Crippen LogP contribution is -2.30. The number of carbonyl (C=O) groups is 1. The van der Waals surface area contributed by atoms with Gasteiger partial charge in [0.1, 0.15) is 0 Å². The maximum Gasteiger partial charge on any atom is 0.251 e. The highest BCUT2D eigenvalue weighted by Crippen LogP contribution is 2.16. The van der Waals surface area contributed by atoms with Crippen LogP contribution in [0.25, 0.3) is 0 Å². The second-order valence-corrected chi connectivity index (χ2v) is 8.85. The van der Waals surface area contributed by atoms with Gasteiger partial charge in [0.2, 0.25) is 10.0 Å². The lowest BCUT2D eigenvalue weighted by molar-refractivity contribution is 0.0951. The van der Waals surface area contributed by atoms with Gasteiger partial charge in [-0.15, -0.1) is 0 Å². The van der Waals surface area contributed by atoms with Crippen LogP contribution in [0.2, 0.25) is 0 Å². The minimum absolute atomic E-state index is 0.141. The highest BCUT2D eigenvalue weighted by Gasteiger charge is 2.21. The van der Waals surface area contributed by atoms with Gasteiger partial charge in [0, 0.05) is 31.0 Å². The van der Waals surface area contributed by atoms with Crippen molar-refractivity contribution in [1.82, 2.24) is 9.62 Å². The first-order valence-electron chi connectivity index (χ1n) is 8.87. The van der Waals surface area contributed by atoms with E-state index >= 15 is 0 Å². The van der Waals surface area contributed by atoms with E-state index in [-0.39, 0.29) is 10.8 Å². The number of nitrogens with one attached hydrogen (secondary N) is 1. The summed E-state index contributed by atoms with van der Waals surface area (Å²) < 4.78 is 26.4. The second kappa shape index (κ2) is 9.92. The third-order valence-electron chi connectivity index (χ3n) is 4.22. The molecule has 5 nitrogen and oxygen atoms in total. The quantitative estimate of drug-likeness (QED) is 0.692. The summed E-state index contributed by atoms with van der Waals surface area (Å²) in [6, 6.07) is 14.2. The summed E-state index contributed by atoms with van der Waals surface area (Å²) in [5, 5.41) is 2.88. The molecule has 0 aliphatic rings. The molecule has 2 aromatic rings. The molecule has 0 saturated heterocycles. The molecular weight excluding hydrogens is 380 g/mol. The van der Waals surface area contributed by atoms with Crippen LogP contribution >= 0.6 is 11.8 Å². The van der Waals surface area contributed by atoms with Gasteiger partial charge >= 0.3 is 0 Å². The normalized spacial score (nSPS) is 11.6. The summed E-state index contributed by atoms with van der Waals surface area (Å²) in [6.07, 6.45) is 2.02. The van der Waals surface area contributed by atoms with E-state index < -0.39 is 10.0 Å². The Morgan fingerprint density at radius 2 is 1.70 bits per heavy atom. The van der Waals surface area contributed by atoms with E-state index in [4.69, 9.17) is 0 Å². The molecule has 0 spiro atoms. The molecule has 0 fully saturated rings. The Kier molecular flexibility index (Phi) is 7.89. The van der Waals surface area contributed by atoms with Crippen LogP contribution in [0, 0.1) is 0 Å². The van der Waals surface area contributed by atoms with Crippen molar-refractivity contribution in [3.63, 3.8) is 0 Å². The van der Waals surface area contributed by atoms with Gasteiger partial charge in [0.25, 0.3) is 5.91 Å². The Balaban J connectivity index is 2.03. The number of benzene rings is 2. The Morgan fingerprint density at radius 3 is 2.30 bits per heavy atom. The summed E-state index contributed by atoms with van der Waals surface area (Å²) >= 11 is 1.71. The Bertz CT molecular complexity index is 861. The Morgan fingerprint density at radius 1 is 1.04 bits per heavy atom. The molecule has 1 N–H and O–H groups in total. The fraction of sp³-hybridized carbons (Fsp3) is 0.350. The lowest BCUT2D eigenvalue weighted by atomic mass is 10.1. The molecule has 0 heterocycles. The first-order chi connectivity index (χ1) is 12.9. The van der Waals surface area contributed by atoms with Gasteiger partial charge in [-0.1, -0.05) is 38.1 Å². The molecule has 0 unspecified atom stereocenters. The van der Waals surface area contributed by atoms with Crippen molar-refractivity contribution < 1.29 is 13.2 Å². The van der Waals surface area contributed by atoms with Crippen molar-refractivity contribution in [2.75, 3.05) is 19.3 Å². The van der Waals surface area contributed by atoms with Gasteiger partial charge in [-0.25, -0.2) is 8.42 Å². The van der Waals surface area contributed by atoms with Crippen molar-refractivity contribution in [1.29, 1.82) is 0 Å². The topological polar surface area (TPSA) is 66.5 Å². The maximum absolute atomic E-state index is 12.5. The van der Waals surface area contributed by atoms with Gasteiger partial charge in [-0.05, 0) is 41.6 Å². The molecule has 0 aromatic heterocycles. The smallest absolute Gasteiger partial charge is 0.251 e. The summed E-state index contributed by atoms with van der Waals surface area (Å²) in [5.74, 6) is 0.724. The molecule has 2 rings (SSSR count). The van der Waals surface area contributed by atoms with Gasteiger partial charge < -0.3 is 5.32 Å². The van der Waals surface area contributed by atoms with Crippen LogP contribution in [0.1, 0.15) is 35.3 Å². The molecular formula is C20H26N2O3S2. The van der Waals surface area contributed by atoms with E-state index in [0.29, 0.717) is 25.2 Å². The van der Waals surface area contributed by atoms with Crippen LogP contribution < -0.4 is 5.32 Å². The van der Waals surface area contributed by atoms with Crippen LogP contribution in [0.5, 0.6) is 0 Å². The van der Waals surface area contributed by atoms with Crippen LogP contribution in [-0.2, 0) is 22.3 Å². The number of rotatable bonds is 9. The number of hydrogen-bond acceptors (Lipinski definition) is 4. The van der Waals surface area contributed by atoms with Crippen molar-refractivity contribution in [2.24, 2.45) is 0 Å². The number of carbonyl (C=O) groups excluding carboxylic acids is 1. The van der Waals surface area contributed by atoms with Crippen LogP contribution in [0.4, 0.5) is 0 Å². The van der Waals surface area contributed by atoms with Crippen LogP contribution in [0.3, 0.4) is 0 Å². The summed E-state index contributed by atoms with van der Waals surface area (Å²) in [6.45, 7) is 4.86. The fourth-order valence-electron chi connectivity index (χ4n) is 2.75. The summed E-state index contributed by atoms with van der Waals surface area (Å²) in [5.41, 5.74) is 2.59. The predicted octanol–water partition coefficient (Wildman–Crippen LogP) is 3.51. The van der Waals surface area contributed by atoms with E-state index in [1.807, 2.05) is 38.3 Å². The Hall–Kier alpha value is -1.83. The van der Waals surface area contributed by atoms with Crippen molar-refractivity contribution in [3.05, 3.63) is 65.2 Å². The van der Waals surface area contributed by atoms with E-state index in [9.17, 15) is 13.2 Å². The minimum Gasteiger partial charge on any atom is -0.348 e. The predicted molar refractivity (Wildman–Crippen MR) is 111 cm³/mol. The number of thioether (sulfide) groups is 1. The van der Waals surface area contributed by atoms with Gasteiger partial charge in [0.15, 0.2) is 0 Å². The zero-order chi connectivity index (χ0) is 19.9. The van der Waals surface area contributed by atoms with Gasteiger partial charge in [0.05, 0.1) is 4.90 Å².